The largest absolute Gasteiger partial charge is 0.330 e. The summed E-state index contributed by atoms with van der Waals surface area (Å²) in [6.45, 7) is 2.73. The molecule has 1 aliphatic heterocycles. The molecular weight excluding hydrogens is 256 g/mol. The number of amides is 4. The predicted octanol–water partition coefficient (Wildman–Crippen LogP) is 2.06. The van der Waals surface area contributed by atoms with E-state index in [1.807, 2.05) is 0 Å². The van der Waals surface area contributed by atoms with Crippen LogP contribution in [0.4, 0.5) is 4.79 Å². The van der Waals surface area contributed by atoms with E-state index in [4.69, 9.17) is 0 Å². The van der Waals surface area contributed by atoms with Crippen molar-refractivity contribution in [3.63, 3.8) is 0 Å². The van der Waals surface area contributed by atoms with Gasteiger partial charge in [-0.15, -0.1) is 0 Å². The maximum Gasteiger partial charge on any atom is 0.330 e. The molecule has 20 heavy (non-hydrogen) atoms. The van der Waals surface area contributed by atoms with E-state index < -0.39 is 11.4 Å². The number of barbiturate groups is 1. The third-order valence-corrected chi connectivity index (χ3v) is 5.34. The Morgan fingerprint density at radius 3 is 2.35 bits per heavy atom. The zero-order valence-electron chi connectivity index (χ0n) is 12.0. The average molecular weight is 278 g/mol. The molecule has 0 unspecified atom stereocenters. The Bertz CT molecular complexity index is 448. The van der Waals surface area contributed by atoms with Crippen molar-refractivity contribution in [1.29, 1.82) is 0 Å². The lowest BCUT2D eigenvalue weighted by Crippen LogP contribution is -2.66. The minimum absolute atomic E-state index is 0.254. The number of carbonyl (C=O) groups excluding carboxylic acids is 3. The van der Waals surface area contributed by atoms with Crippen LogP contribution in [0.3, 0.4) is 0 Å². The summed E-state index contributed by atoms with van der Waals surface area (Å²) in [6, 6.07) is -0.517. The van der Waals surface area contributed by atoms with E-state index in [1.165, 1.54) is 17.7 Å². The lowest BCUT2D eigenvalue weighted by Gasteiger charge is -2.45. The third kappa shape index (κ3) is 2.03. The van der Waals surface area contributed by atoms with Gasteiger partial charge in [-0.05, 0) is 37.5 Å². The van der Waals surface area contributed by atoms with Gasteiger partial charge < -0.3 is 0 Å². The molecule has 5 heteroatoms. The number of nitrogens with zero attached hydrogens (tertiary/aromatic N) is 1. The van der Waals surface area contributed by atoms with Crippen molar-refractivity contribution >= 4 is 17.8 Å². The van der Waals surface area contributed by atoms with Crippen molar-refractivity contribution in [3.05, 3.63) is 0 Å². The molecule has 1 spiro atoms. The van der Waals surface area contributed by atoms with Crippen LogP contribution in [0.15, 0.2) is 0 Å². The van der Waals surface area contributed by atoms with E-state index in [0.29, 0.717) is 25.3 Å². The second-order valence-corrected chi connectivity index (χ2v) is 6.74. The van der Waals surface area contributed by atoms with Gasteiger partial charge in [0.25, 0.3) is 0 Å². The zero-order valence-corrected chi connectivity index (χ0v) is 12.0. The van der Waals surface area contributed by atoms with Crippen molar-refractivity contribution in [3.8, 4) is 0 Å². The summed E-state index contributed by atoms with van der Waals surface area (Å²) in [5.74, 6) is 0.506. The second kappa shape index (κ2) is 4.86. The highest BCUT2D eigenvalue weighted by Crippen LogP contribution is 2.44. The molecule has 1 N–H and O–H groups in total. The molecule has 3 aliphatic rings. The molecule has 0 atom stereocenters. The van der Waals surface area contributed by atoms with Crippen molar-refractivity contribution in [2.45, 2.75) is 51.9 Å². The minimum Gasteiger partial charge on any atom is -0.277 e. The van der Waals surface area contributed by atoms with Gasteiger partial charge >= 0.3 is 6.03 Å². The Hall–Kier alpha value is -1.39. The van der Waals surface area contributed by atoms with Crippen LogP contribution >= 0.6 is 0 Å². The number of imide groups is 2. The lowest BCUT2D eigenvalue weighted by molar-refractivity contribution is -0.158. The van der Waals surface area contributed by atoms with Crippen molar-refractivity contribution in [1.82, 2.24) is 10.2 Å². The Balaban J connectivity index is 1.70. The Labute approximate surface area is 119 Å². The predicted molar refractivity (Wildman–Crippen MR) is 72.7 cm³/mol. The summed E-state index contributed by atoms with van der Waals surface area (Å²) in [5.41, 5.74) is -0.921. The summed E-state index contributed by atoms with van der Waals surface area (Å²) < 4.78 is 0. The standard InChI is InChI=1S/C15H22N2O3/c1-10-3-5-11(6-4-10)9-17-13(19)15(7-2-8-15)12(18)16-14(17)20/h10-11H,2-9H2,1H3,(H,16,18,20). The van der Waals surface area contributed by atoms with Gasteiger partial charge in [-0.1, -0.05) is 26.2 Å². The second-order valence-electron chi connectivity index (χ2n) is 6.74. The molecule has 0 aromatic rings. The van der Waals surface area contributed by atoms with Crippen LogP contribution < -0.4 is 5.32 Å². The van der Waals surface area contributed by atoms with Gasteiger partial charge in [0.05, 0.1) is 0 Å². The van der Waals surface area contributed by atoms with E-state index in [-0.39, 0.29) is 11.8 Å². The van der Waals surface area contributed by atoms with Crippen molar-refractivity contribution in [2.24, 2.45) is 17.3 Å². The first-order valence-electron chi connectivity index (χ1n) is 7.70. The van der Waals surface area contributed by atoms with Crippen LogP contribution in [0.2, 0.25) is 0 Å². The fourth-order valence-corrected chi connectivity index (χ4v) is 3.64. The Morgan fingerprint density at radius 1 is 1.15 bits per heavy atom. The molecular formula is C15H22N2O3. The zero-order chi connectivity index (χ0) is 14.3. The van der Waals surface area contributed by atoms with E-state index in [2.05, 4.69) is 12.2 Å². The number of hydrogen-bond acceptors (Lipinski definition) is 3. The quantitative estimate of drug-likeness (QED) is 0.786. The van der Waals surface area contributed by atoms with Crippen molar-refractivity contribution in [2.75, 3.05) is 6.54 Å². The average Bonchev–Trinajstić information content (AvgIpc) is 2.35. The highest BCUT2D eigenvalue weighted by Gasteiger charge is 2.57. The van der Waals surface area contributed by atoms with Gasteiger partial charge in [-0.3, -0.25) is 19.8 Å². The molecule has 0 bridgehead atoms. The van der Waals surface area contributed by atoms with Crippen LogP contribution in [0.1, 0.15) is 51.9 Å². The smallest absolute Gasteiger partial charge is 0.277 e. The Morgan fingerprint density at radius 2 is 1.80 bits per heavy atom. The molecule has 2 saturated carbocycles. The van der Waals surface area contributed by atoms with E-state index in [9.17, 15) is 14.4 Å². The summed E-state index contributed by atoms with van der Waals surface area (Å²) in [7, 11) is 0. The molecule has 3 fully saturated rings. The highest BCUT2D eigenvalue weighted by molar-refractivity contribution is 6.19. The maximum absolute atomic E-state index is 12.5. The molecule has 1 saturated heterocycles. The fourth-order valence-electron chi connectivity index (χ4n) is 3.64. The van der Waals surface area contributed by atoms with Gasteiger partial charge in [0, 0.05) is 6.54 Å². The van der Waals surface area contributed by atoms with Crippen LogP contribution in [0, 0.1) is 17.3 Å². The Kier molecular flexibility index (Phi) is 3.30. The number of rotatable bonds is 2. The molecule has 3 rings (SSSR count). The van der Waals surface area contributed by atoms with Crippen LogP contribution in [-0.2, 0) is 9.59 Å². The van der Waals surface area contributed by atoms with Crippen LogP contribution in [0.25, 0.3) is 0 Å². The summed E-state index contributed by atoms with van der Waals surface area (Å²) in [6.07, 6.45) is 6.53. The van der Waals surface area contributed by atoms with Crippen LogP contribution in [0.5, 0.6) is 0 Å². The highest BCUT2D eigenvalue weighted by atomic mass is 16.2. The van der Waals surface area contributed by atoms with Gasteiger partial charge in [0.1, 0.15) is 5.41 Å². The van der Waals surface area contributed by atoms with E-state index in [1.54, 1.807) is 0 Å². The monoisotopic (exact) mass is 278 g/mol. The first kappa shape index (κ1) is 13.6. The first-order valence-corrected chi connectivity index (χ1v) is 7.70. The molecule has 0 aromatic heterocycles. The summed E-state index contributed by atoms with van der Waals surface area (Å²) >= 11 is 0. The van der Waals surface area contributed by atoms with Gasteiger partial charge in [0.15, 0.2) is 0 Å². The molecule has 4 amide bonds. The van der Waals surface area contributed by atoms with Crippen molar-refractivity contribution < 1.29 is 14.4 Å². The molecule has 0 aromatic carbocycles. The molecule has 2 aliphatic carbocycles. The maximum atomic E-state index is 12.5. The summed E-state index contributed by atoms with van der Waals surface area (Å²) in [4.78, 5) is 37.7. The first-order chi connectivity index (χ1) is 9.53. The molecule has 0 radical (unpaired) electrons. The molecule has 5 nitrogen and oxygen atoms in total. The normalized spacial score (nSPS) is 33.0. The van der Waals surface area contributed by atoms with E-state index in [0.717, 1.165) is 25.2 Å². The minimum atomic E-state index is -0.921. The summed E-state index contributed by atoms with van der Waals surface area (Å²) in [5, 5.41) is 2.38. The number of urea groups is 1. The molecule has 1 heterocycles. The molecule has 110 valence electrons. The van der Waals surface area contributed by atoms with Gasteiger partial charge in [-0.25, -0.2) is 4.79 Å². The van der Waals surface area contributed by atoms with Crippen LogP contribution in [-0.4, -0.2) is 29.3 Å². The number of carbonyl (C=O) groups is 3. The topological polar surface area (TPSA) is 66.5 Å². The fraction of sp³-hybridized carbons (Fsp3) is 0.800. The third-order valence-electron chi connectivity index (χ3n) is 5.34. The van der Waals surface area contributed by atoms with E-state index >= 15 is 0 Å². The lowest BCUT2D eigenvalue weighted by atomic mass is 9.66. The van der Waals surface area contributed by atoms with Gasteiger partial charge in [-0.2, -0.15) is 0 Å². The SMILES string of the molecule is CC1CCC(CN2C(=O)NC(=O)C3(CCC3)C2=O)CC1. The number of nitrogens with one attached hydrogen (secondary N) is 1. The number of hydrogen-bond donors (Lipinski definition) is 1. The van der Waals surface area contributed by atoms with Gasteiger partial charge in [0.2, 0.25) is 11.8 Å².